The lowest BCUT2D eigenvalue weighted by Crippen LogP contribution is -2.00. The number of hydrogen-bond acceptors (Lipinski definition) is 1. The van der Waals surface area contributed by atoms with Crippen LogP contribution in [0.15, 0.2) is 42.5 Å². The standard InChI is InChI=1S/C13H13N.ClH/c14-13-8-12(13)11-6-5-9-3-1-2-4-10(9)7-11;/h1-7,12-13H,8,14H2;1H/t12-,13-;/m1./s1. The van der Waals surface area contributed by atoms with Crippen molar-refractivity contribution in [3.05, 3.63) is 48.0 Å². The first-order valence-corrected chi connectivity index (χ1v) is 5.09. The minimum atomic E-state index is 0. The third-order valence-electron chi connectivity index (χ3n) is 3.04. The fraction of sp³-hybridized carbons (Fsp3) is 0.231. The molecule has 1 fully saturated rings. The molecule has 0 aliphatic heterocycles. The quantitative estimate of drug-likeness (QED) is 0.784. The minimum absolute atomic E-state index is 0. The van der Waals surface area contributed by atoms with Crippen LogP contribution in [-0.4, -0.2) is 6.04 Å². The molecule has 2 N–H and O–H groups in total. The van der Waals surface area contributed by atoms with Gasteiger partial charge in [-0.25, -0.2) is 0 Å². The normalized spacial score (nSPS) is 23.5. The van der Waals surface area contributed by atoms with Gasteiger partial charge >= 0.3 is 0 Å². The Balaban J connectivity index is 0.000000853. The summed E-state index contributed by atoms with van der Waals surface area (Å²) in [5.41, 5.74) is 7.24. The number of hydrogen-bond donors (Lipinski definition) is 1. The van der Waals surface area contributed by atoms with Crippen molar-refractivity contribution in [2.75, 3.05) is 0 Å². The molecule has 0 unspecified atom stereocenters. The van der Waals surface area contributed by atoms with Crippen LogP contribution >= 0.6 is 12.4 Å². The SMILES string of the molecule is Cl.N[C@@H]1C[C@@H]1c1ccc2ccccc2c1. The second kappa shape index (κ2) is 3.84. The Labute approximate surface area is 95.7 Å². The molecule has 2 aromatic rings. The maximum Gasteiger partial charge on any atom is 0.0115 e. The zero-order chi connectivity index (χ0) is 9.54. The molecule has 1 nitrogen and oxygen atoms in total. The highest BCUT2D eigenvalue weighted by atomic mass is 35.5. The summed E-state index contributed by atoms with van der Waals surface area (Å²) in [6.45, 7) is 0. The zero-order valence-electron chi connectivity index (χ0n) is 8.39. The van der Waals surface area contributed by atoms with Crippen molar-refractivity contribution in [2.45, 2.75) is 18.4 Å². The summed E-state index contributed by atoms with van der Waals surface area (Å²) in [5.74, 6) is 0.611. The Morgan fingerprint density at radius 2 is 1.67 bits per heavy atom. The van der Waals surface area contributed by atoms with Gasteiger partial charge in [-0.15, -0.1) is 12.4 Å². The zero-order valence-corrected chi connectivity index (χ0v) is 9.21. The van der Waals surface area contributed by atoms with Crippen LogP contribution in [0.4, 0.5) is 0 Å². The van der Waals surface area contributed by atoms with Gasteiger partial charge in [0.15, 0.2) is 0 Å². The van der Waals surface area contributed by atoms with Crippen LogP contribution in [0.3, 0.4) is 0 Å². The highest BCUT2D eigenvalue weighted by Gasteiger charge is 2.34. The van der Waals surface area contributed by atoms with E-state index in [-0.39, 0.29) is 12.4 Å². The van der Waals surface area contributed by atoms with Crippen LogP contribution in [0.5, 0.6) is 0 Å². The Morgan fingerprint density at radius 3 is 2.33 bits per heavy atom. The smallest absolute Gasteiger partial charge is 0.0115 e. The number of benzene rings is 2. The van der Waals surface area contributed by atoms with E-state index in [0.29, 0.717) is 12.0 Å². The summed E-state index contributed by atoms with van der Waals surface area (Å²) in [6, 6.07) is 15.5. The van der Waals surface area contributed by atoms with Crippen LogP contribution in [0.25, 0.3) is 10.8 Å². The van der Waals surface area contributed by atoms with Crippen LogP contribution in [-0.2, 0) is 0 Å². The van der Waals surface area contributed by atoms with Crippen LogP contribution in [0, 0.1) is 0 Å². The molecule has 0 radical (unpaired) electrons. The molecule has 1 saturated carbocycles. The number of rotatable bonds is 1. The van der Waals surface area contributed by atoms with Crippen LogP contribution in [0.1, 0.15) is 17.9 Å². The van der Waals surface area contributed by atoms with Gasteiger partial charge in [0.05, 0.1) is 0 Å². The number of nitrogens with two attached hydrogens (primary N) is 1. The molecule has 0 heterocycles. The molecular formula is C13H14ClN. The Kier molecular flexibility index (Phi) is 2.68. The molecule has 78 valence electrons. The second-order valence-electron chi connectivity index (χ2n) is 4.11. The van der Waals surface area contributed by atoms with Crippen molar-refractivity contribution in [1.29, 1.82) is 0 Å². The first-order valence-electron chi connectivity index (χ1n) is 5.09. The Morgan fingerprint density at radius 1 is 1.00 bits per heavy atom. The van der Waals surface area contributed by atoms with E-state index >= 15 is 0 Å². The third kappa shape index (κ3) is 1.85. The van der Waals surface area contributed by atoms with Crippen molar-refractivity contribution in [2.24, 2.45) is 5.73 Å². The van der Waals surface area contributed by atoms with Crippen LogP contribution < -0.4 is 5.73 Å². The van der Waals surface area contributed by atoms with Gasteiger partial charge in [0, 0.05) is 12.0 Å². The summed E-state index contributed by atoms with van der Waals surface area (Å²) in [7, 11) is 0. The predicted molar refractivity (Wildman–Crippen MR) is 66.5 cm³/mol. The van der Waals surface area contributed by atoms with Crippen LogP contribution in [0.2, 0.25) is 0 Å². The monoisotopic (exact) mass is 219 g/mol. The van der Waals surface area contributed by atoms with Crippen molar-refractivity contribution in [3.63, 3.8) is 0 Å². The molecule has 2 atom stereocenters. The van der Waals surface area contributed by atoms with Crippen molar-refractivity contribution < 1.29 is 0 Å². The average Bonchev–Trinajstić information content (AvgIpc) is 2.95. The molecule has 0 amide bonds. The van der Waals surface area contributed by atoms with Gasteiger partial charge in [0.2, 0.25) is 0 Å². The van der Waals surface area contributed by atoms with E-state index in [9.17, 15) is 0 Å². The highest BCUT2D eigenvalue weighted by Crippen LogP contribution is 2.39. The highest BCUT2D eigenvalue weighted by molar-refractivity contribution is 5.85. The summed E-state index contributed by atoms with van der Waals surface area (Å²) in [6.07, 6.45) is 1.15. The van der Waals surface area contributed by atoms with Crippen molar-refractivity contribution in [3.8, 4) is 0 Å². The fourth-order valence-electron chi connectivity index (χ4n) is 2.04. The topological polar surface area (TPSA) is 26.0 Å². The van der Waals surface area contributed by atoms with E-state index in [4.69, 9.17) is 5.73 Å². The van der Waals surface area contributed by atoms with E-state index in [1.807, 2.05) is 0 Å². The van der Waals surface area contributed by atoms with E-state index in [1.54, 1.807) is 0 Å². The summed E-state index contributed by atoms with van der Waals surface area (Å²) in [5, 5.41) is 2.63. The fourth-order valence-corrected chi connectivity index (χ4v) is 2.04. The molecule has 0 spiro atoms. The average molecular weight is 220 g/mol. The van der Waals surface area contributed by atoms with Gasteiger partial charge in [0.1, 0.15) is 0 Å². The molecule has 0 aromatic heterocycles. The van der Waals surface area contributed by atoms with Crippen molar-refractivity contribution >= 4 is 23.2 Å². The first-order chi connectivity index (χ1) is 6.84. The third-order valence-corrected chi connectivity index (χ3v) is 3.04. The largest absolute Gasteiger partial charge is 0.327 e. The first kappa shape index (κ1) is 10.5. The molecule has 15 heavy (non-hydrogen) atoms. The molecule has 1 aliphatic carbocycles. The van der Waals surface area contributed by atoms with E-state index in [1.165, 1.54) is 16.3 Å². The summed E-state index contributed by atoms with van der Waals surface area (Å²) in [4.78, 5) is 0. The summed E-state index contributed by atoms with van der Waals surface area (Å²) < 4.78 is 0. The van der Waals surface area contributed by atoms with E-state index in [0.717, 1.165) is 6.42 Å². The summed E-state index contributed by atoms with van der Waals surface area (Å²) >= 11 is 0. The predicted octanol–water partition coefficient (Wildman–Crippen LogP) is 3.08. The van der Waals surface area contributed by atoms with E-state index < -0.39 is 0 Å². The Bertz CT molecular complexity index is 481. The van der Waals surface area contributed by atoms with Gasteiger partial charge in [-0.2, -0.15) is 0 Å². The maximum atomic E-state index is 5.84. The molecule has 2 heteroatoms. The Hall–Kier alpha value is -1.05. The van der Waals surface area contributed by atoms with Gasteiger partial charge in [-0.3, -0.25) is 0 Å². The molecule has 2 aromatic carbocycles. The van der Waals surface area contributed by atoms with Crippen molar-refractivity contribution in [1.82, 2.24) is 0 Å². The number of fused-ring (bicyclic) bond motifs is 1. The van der Waals surface area contributed by atoms with Gasteiger partial charge in [0.25, 0.3) is 0 Å². The van der Waals surface area contributed by atoms with Gasteiger partial charge in [-0.1, -0.05) is 42.5 Å². The lowest BCUT2D eigenvalue weighted by atomic mass is 10.0. The molecule has 0 saturated heterocycles. The molecule has 3 rings (SSSR count). The minimum Gasteiger partial charge on any atom is -0.327 e. The second-order valence-corrected chi connectivity index (χ2v) is 4.11. The molecular weight excluding hydrogens is 206 g/mol. The molecule has 1 aliphatic rings. The lowest BCUT2D eigenvalue weighted by molar-refractivity contribution is 0.992. The maximum absolute atomic E-state index is 5.84. The number of halogens is 1. The van der Waals surface area contributed by atoms with Gasteiger partial charge < -0.3 is 5.73 Å². The lowest BCUT2D eigenvalue weighted by Gasteiger charge is -2.01. The van der Waals surface area contributed by atoms with E-state index in [2.05, 4.69) is 42.5 Å². The molecule has 0 bridgehead atoms. The van der Waals surface area contributed by atoms with Gasteiger partial charge in [-0.05, 0) is 22.8 Å².